The van der Waals surface area contributed by atoms with Crippen molar-refractivity contribution in [1.29, 1.82) is 0 Å². The van der Waals surface area contributed by atoms with Crippen LogP contribution < -0.4 is 4.74 Å². The number of aromatic hydroxyl groups is 1. The molecular formula is C11H12O3. The van der Waals surface area contributed by atoms with Gasteiger partial charge in [0.05, 0.1) is 0 Å². The van der Waals surface area contributed by atoms with Gasteiger partial charge in [0.15, 0.2) is 0 Å². The topological polar surface area (TPSA) is 46.5 Å². The average molecular weight is 192 g/mol. The summed E-state index contributed by atoms with van der Waals surface area (Å²) in [7, 11) is 0. The molecule has 0 saturated heterocycles. The molecule has 3 nitrogen and oxygen atoms in total. The van der Waals surface area contributed by atoms with E-state index in [-0.39, 0.29) is 5.75 Å². The van der Waals surface area contributed by atoms with Crippen molar-refractivity contribution in [3.8, 4) is 11.5 Å². The van der Waals surface area contributed by atoms with Gasteiger partial charge in [0.1, 0.15) is 11.5 Å². The number of phenols is 1. The minimum Gasteiger partial charge on any atom is -0.508 e. The molecule has 0 aliphatic rings. The van der Waals surface area contributed by atoms with Crippen LogP contribution in [0.5, 0.6) is 11.5 Å². The summed E-state index contributed by atoms with van der Waals surface area (Å²) in [5, 5.41) is 9.50. The van der Waals surface area contributed by atoms with Gasteiger partial charge in [-0.2, -0.15) is 0 Å². The molecule has 1 rings (SSSR count). The number of rotatable bonds is 3. The van der Waals surface area contributed by atoms with Gasteiger partial charge in [-0.1, -0.05) is 12.1 Å². The van der Waals surface area contributed by atoms with Crippen molar-refractivity contribution >= 4 is 5.97 Å². The lowest BCUT2D eigenvalue weighted by molar-refractivity contribution is -0.131. The van der Waals surface area contributed by atoms with Crippen molar-refractivity contribution in [3.05, 3.63) is 36.4 Å². The lowest BCUT2D eigenvalue weighted by Gasteiger charge is -2.04. The second kappa shape index (κ2) is 4.46. The monoisotopic (exact) mass is 192 g/mol. The van der Waals surface area contributed by atoms with E-state index in [0.29, 0.717) is 12.2 Å². The molecule has 0 aliphatic carbocycles. The molecule has 1 aromatic rings. The average Bonchev–Trinajstić information content (AvgIpc) is 2.09. The molecule has 14 heavy (non-hydrogen) atoms. The summed E-state index contributed by atoms with van der Waals surface area (Å²) in [5.74, 6) is 0.0623. The molecule has 1 N–H and O–H groups in total. The zero-order chi connectivity index (χ0) is 10.6. The van der Waals surface area contributed by atoms with Gasteiger partial charge in [-0.25, -0.2) is 0 Å². The van der Waals surface area contributed by atoms with Crippen LogP contribution in [0.1, 0.15) is 12.5 Å². The van der Waals surface area contributed by atoms with Gasteiger partial charge in [0, 0.05) is 13.0 Å². The van der Waals surface area contributed by atoms with E-state index in [1.165, 1.54) is 13.0 Å². The Balaban J connectivity index is 2.88. The molecule has 0 bridgehead atoms. The Morgan fingerprint density at radius 1 is 1.64 bits per heavy atom. The van der Waals surface area contributed by atoms with E-state index in [4.69, 9.17) is 4.74 Å². The van der Waals surface area contributed by atoms with Crippen LogP contribution in [0.25, 0.3) is 0 Å². The second-order valence-corrected chi connectivity index (χ2v) is 2.88. The van der Waals surface area contributed by atoms with Crippen LogP contribution in [0.3, 0.4) is 0 Å². The molecule has 0 aliphatic heterocycles. The minimum atomic E-state index is -0.402. The number of ether oxygens (including phenoxy) is 1. The van der Waals surface area contributed by atoms with Gasteiger partial charge in [-0.05, 0) is 18.1 Å². The van der Waals surface area contributed by atoms with E-state index in [1.807, 2.05) is 0 Å². The maximum atomic E-state index is 10.6. The highest BCUT2D eigenvalue weighted by molar-refractivity contribution is 5.69. The van der Waals surface area contributed by atoms with Crippen LogP contribution in [-0.2, 0) is 11.2 Å². The summed E-state index contributed by atoms with van der Waals surface area (Å²) in [6.45, 7) is 4.89. The largest absolute Gasteiger partial charge is 0.508 e. The molecule has 0 saturated carbocycles. The molecule has 0 heterocycles. The highest BCUT2D eigenvalue weighted by atomic mass is 16.5. The molecule has 0 unspecified atom stereocenters. The number of carbonyl (C=O) groups excluding carboxylic acids is 1. The number of esters is 1. The molecule has 1 aromatic carbocycles. The van der Waals surface area contributed by atoms with Crippen LogP contribution in [-0.4, -0.2) is 11.1 Å². The molecule has 0 aromatic heterocycles. The third-order valence-electron chi connectivity index (χ3n) is 1.68. The standard InChI is InChI=1S/C11H12O3/c1-3-4-9-5-6-10(7-11(9)13)14-8(2)12/h3,5-7,13H,1,4H2,2H3. The van der Waals surface area contributed by atoms with Crippen LogP contribution in [0.2, 0.25) is 0 Å². The lowest BCUT2D eigenvalue weighted by Crippen LogP contribution is -2.01. The summed E-state index contributed by atoms with van der Waals surface area (Å²) >= 11 is 0. The number of phenolic OH excluding ortho intramolecular Hbond substituents is 1. The first-order valence-electron chi connectivity index (χ1n) is 4.24. The minimum absolute atomic E-state index is 0.114. The zero-order valence-corrected chi connectivity index (χ0v) is 7.99. The third-order valence-corrected chi connectivity index (χ3v) is 1.68. The molecular weight excluding hydrogens is 180 g/mol. The van der Waals surface area contributed by atoms with Crippen molar-refractivity contribution in [2.45, 2.75) is 13.3 Å². The maximum absolute atomic E-state index is 10.6. The summed E-state index contributed by atoms with van der Waals surface area (Å²) in [6, 6.07) is 4.76. The first kappa shape index (κ1) is 10.3. The predicted octanol–water partition coefficient (Wildman–Crippen LogP) is 2.05. The van der Waals surface area contributed by atoms with Crippen molar-refractivity contribution in [2.75, 3.05) is 0 Å². The van der Waals surface area contributed by atoms with E-state index >= 15 is 0 Å². The zero-order valence-electron chi connectivity index (χ0n) is 7.99. The van der Waals surface area contributed by atoms with Gasteiger partial charge >= 0.3 is 5.97 Å². The molecule has 0 amide bonds. The fourth-order valence-corrected chi connectivity index (χ4v) is 1.10. The molecule has 74 valence electrons. The SMILES string of the molecule is C=CCc1ccc(OC(C)=O)cc1O. The Labute approximate surface area is 82.6 Å². The van der Waals surface area contributed by atoms with Crippen molar-refractivity contribution in [3.63, 3.8) is 0 Å². The lowest BCUT2D eigenvalue weighted by atomic mass is 10.1. The first-order chi connectivity index (χ1) is 6.63. The molecule has 0 atom stereocenters. The molecule has 3 heteroatoms. The van der Waals surface area contributed by atoms with Crippen molar-refractivity contribution in [2.24, 2.45) is 0 Å². The summed E-state index contributed by atoms with van der Waals surface area (Å²) in [5.41, 5.74) is 0.760. The Morgan fingerprint density at radius 3 is 2.86 bits per heavy atom. The van der Waals surface area contributed by atoms with Crippen LogP contribution in [0.4, 0.5) is 0 Å². The Kier molecular flexibility index (Phi) is 3.29. The van der Waals surface area contributed by atoms with Crippen LogP contribution in [0, 0.1) is 0 Å². The van der Waals surface area contributed by atoms with E-state index in [1.54, 1.807) is 18.2 Å². The number of carbonyl (C=O) groups is 1. The summed E-state index contributed by atoms with van der Waals surface area (Å²) in [4.78, 5) is 10.6. The van der Waals surface area contributed by atoms with Gasteiger partial charge in [-0.15, -0.1) is 6.58 Å². The Bertz CT molecular complexity index is 356. The maximum Gasteiger partial charge on any atom is 0.308 e. The van der Waals surface area contributed by atoms with Gasteiger partial charge < -0.3 is 9.84 Å². The highest BCUT2D eigenvalue weighted by Crippen LogP contribution is 2.24. The quantitative estimate of drug-likeness (QED) is 0.453. The van der Waals surface area contributed by atoms with Gasteiger partial charge in [0.25, 0.3) is 0 Å². The van der Waals surface area contributed by atoms with Crippen LogP contribution in [0.15, 0.2) is 30.9 Å². The number of hydrogen-bond donors (Lipinski definition) is 1. The fraction of sp³-hybridized carbons (Fsp3) is 0.182. The predicted molar refractivity (Wildman–Crippen MR) is 53.3 cm³/mol. The highest BCUT2D eigenvalue weighted by Gasteiger charge is 2.03. The summed E-state index contributed by atoms with van der Waals surface area (Å²) < 4.78 is 4.80. The number of allylic oxidation sites excluding steroid dienone is 1. The van der Waals surface area contributed by atoms with Crippen LogP contribution >= 0.6 is 0 Å². The smallest absolute Gasteiger partial charge is 0.308 e. The van der Waals surface area contributed by atoms with Gasteiger partial charge in [-0.3, -0.25) is 4.79 Å². The molecule has 0 fully saturated rings. The van der Waals surface area contributed by atoms with E-state index in [0.717, 1.165) is 5.56 Å². The van der Waals surface area contributed by atoms with E-state index in [2.05, 4.69) is 6.58 Å². The van der Waals surface area contributed by atoms with Gasteiger partial charge in [0.2, 0.25) is 0 Å². The van der Waals surface area contributed by atoms with Crippen molar-refractivity contribution < 1.29 is 14.6 Å². The second-order valence-electron chi connectivity index (χ2n) is 2.88. The molecule has 0 radical (unpaired) electrons. The summed E-state index contributed by atoms with van der Waals surface area (Å²) in [6.07, 6.45) is 2.28. The first-order valence-corrected chi connectivity index (χ1v) is 4.24. The van der Waals surface area contributed by atoms with E-state index < -0.39 is 5.97 Å². The van der Waals surface area contributed by atoms with E-state index in [9.17, 15) is 9.90 Å². The normalized spacial score (nSPS) is 9.50. The number of hydrogen-bond acceptors (Lipinski definition) is 3. The Hall–Kier alpha value is -1.77. The Morgan fingerprint density at radius 2 is 2.36 bits per heavy atom. The third kappa shape index (κ3) is 2.62. The molecule has 0 spiro atoms. The number of benzene rings is 1. The van der Waals surface area contributed by atoms with Crippen molar-refractivity contribution in [1.82, 2.24) is 0 Å². The fourth-order valence-electron chi connectivity index (χ4n) is 1.10.